The topological polar surface area (TPSA) is 138 Å². The molecule has 0 aliphatic carbocycles. The Morgan fingerprint density at radius 3 is 2.63 bits per heavy atom. The predicted octanol–water partition coefficient (Wildman–Crippen LogP) is 3.94. The number of amides is 1. The third kappa shape index (κ3) is 6.58. The Hall–Kier alpha value is -3.28. The number of pyridine rings is 1. The number of likely N-dealkylation sites (N-methyl/N-ethyl adjacent to an activating group) is 1. The minimum absolute atomic E-state index is 0.0113. The van der Waals surface area contributed by atoms with Crippen LogP contribution in [0.15, 0.2) is 41.1 Å². The van der Waals surface area contributed by atoms with E-state index in [0.717, 1.165) is 28.4 Å². The van der Waals surface area contributed by atoms with E-state index in [1.807, 2.05) is 41.8 Å². The van der Waals surface area contributed by atoms with Crippen molar-refractivity contribution in [3.8, 4) is 5.88 Å². The van der Waals surface area contributed by atoms with Crippen LogP contribution in [0.25, 0.3) is 0 Å². The number of hydrogen-bond donors (Lipinski definition) is 5. The summed E-state index contributed by atoms with van der Waals surface area (Å²) in [6.45, 7) is 10.4. The number of aromatic hydroxyl groups is 1. The quantitative estimate of drug-likeness (QED) is 0.225. The molecule has 206 valence electrons. The van der Waals surface area contributed by atoms with Crippen molar-refractivity contribution in [2.45, 2.75) is 53.1 Å². The molecule has 11 heteroatoms. The van der Waals surface area contributed by atoms with Crippen molar-refractivity contribution in [2.24, 2.45) is 5.92 Å². The maximum absolute atomic E-state index is 13.5. The van der Waals surface area contributed by atoms with Crippen molar-refractivity contribution in [3.05, 3.63) is 52.4 Å². The highest BCUT2D eigenvalue weighted by Gasteiger charge is 2.30. The summed E-state index contributed by atoms with van der Waals surface area (Å²) in [6, 6.07) is 5.34. The molecular formula is C27H39N7O3S. The van der Waals surface area contributed by atoms with Gasteiger partial charge in [-0.05, 0) is 83.0 Å². The lowest BCUT2D eigenvalue weighted by atomic mass is 9.90. The van der Waals surface area contributed by atoms with E-state index < -0.39 is 0 Å². The van der Waals surface area contributed by atoms with E-state index in [4.69, 9.17) is 5.41 Å². The molecule has 38 heavy (non-hydrogen) atoms. The average molecular weight is 542 g/mol. The first kappa shape index (κ1) is 29.3. The molecule has 1 amide bonds. The number of amidine groups is 1. The van der Waals surface area contributed by atoms with Crippen LogP contribution >= 0.6 is 11.5 Å². The summed E-state index contributed by atoms with van der Waals surface area (Å²) in [5.41, 5.74) is 3.57. The summed E-state index contributed by atoms with van der Waals surface area (Å²) in [5, 5.41) is 34.9. The van der Waals surface area contributed by atoms with E-state index in [1.165, 1.54) is 0 Å². The van der Waals surface area contributed by atoms with Crippen LogP contribution in [-0.2, 0) is 0 Å². The van der Waals surface area contributed by atoms with Crippen LogP contribution in [0, 0.1) is 11.3 Å². The maximum Gasteiger partial charge on any atom is 0.276 e. The van der Waals surface area contributed by atoms with E-state index in [0.29, 0.717) is 23.8 Å². The summed E-state index contributed by atoms with van der Waals surface area (Å²) in [6.07, 6.45) is 2.88. The van der Waals surface area contributed by atoms with Gasteiger partial charge in [0.25, 0.3) is 5.91 Å². The number of aliphatic hydroxyl groups is 1. The van der Waals surface area contributed by atoms with E-state index in [1.54, 1.807) is 23.1 Å². The van der Waals surface area contributed by atoms with Crippen molar-refractivity contribution in [3.63, 3.8) is 0 Å². The molecule has 2 atom stereocenters. The molecule has 2 aromatic rings. The fourth-order valence-corrected chi connectivity index (χ4v) is 4.95. The van der Waals surface area contributed by atoms with Crippen LogP contribution in [0.2, 0.25) is 0 Å². The summed E-state index contributed by atoms with van der Waals surface area (Å²) in [7, 11) is 4.03. The van der Waals surface area contributed by atoms with Crippen LogP contribution < -0.4 is 10.6 Å². The molecule has 0 bridgehead atoms. The molecule has 0 radical (unpaired) electrons. The van der Waals surface area contributed by atoms with Crippen LogP contribution in [0.5, 0.6) is 5.88 Å². The molecule has 3 rings (SSSR count). The van der Waals surface area contributed by atoms with Crippen LogP contribution in [-0.4, -0.2) is 80.4 Å². The molecule has 0 spiro atoms. The number of carbonyl (C=O) groups is 1. The number of rotatable bonds is 10. The molecule has 0 fully saturated rings. The van der Waals surface area contributed by atoms with Gasteiger partial charge in [0.1, 0.15) is 27.9 Å². The second-order valence-corrected chi connectivity index (χ2v) is 10.9. The van der Waals surface area contributed by atoms with Crippen molar-refractivity contribution in [1.82, 2.24) is 24.5 Å². The van der Waals surface area contributed by atoms with Gasteiger partial charge in [-0.25, -0.2) is 4.98 Å². The minimum Gasteiger partial charge on any atom is -0.492 e. The average Bonchev–Trinajstić information content (AvgIpc) is 3.42. The zero-order valence-corrected chi connectivity index (χ0v) is 24.0. The second kappa shape index (κ2) is 12.5. The molecule has 1 aliphatic rings. The molecular weight excluding hydrogens is 502 g/mol. The molecule has 1 aliphatic heterocycles. The number of aromatic nitrogens is 2. The third-order valence-electron chi connectivity index (χ3n) is 6.63. The largest absolute Gasteiger partial charge is 0.492 e. The Balaban J connectivity index is 1.86. The standard InChI is InChI=1S/C27H39N7O3S/c1-15(2)29-24(28)23-25(36)32-38-26(23)31-22-10-8-9-21(30-22)27(37)34-12-11-19(18(34)5)20(16(3)14-35)13-17(4)33(6)7/h8-10,13,15-17,35H,11-12,14H2,1-7H3,(H2,28,29)(H,30,31)(H,32,36)/b20-13-. The summed E-state index contributed by atoms with van der Waals surface area (Å²) in [5.74, 6) is -0.0292. The molecule has 3 heterocycles. The van der Waals surface area contributed by atoms with Gasteiger partial charge in [-0.15, -0.1) is 0 Å². The van der Waals surface area contributed by atoms with Gasteiger partial charge in [-0.3, -0.25) is 10.2 Å². The van der Waals surface area contributed by atoms with Crippen LogP contribution in [0.3, 0.4) is 0 Å². The lowest BCUT2D eigenvalue weighted by molar-refractivity contribution is 0.0813. The van der Waals surface area contributed by atoms with Gasteiger partial charge in [0, 0.05) is 36.9 Å². The van der Waals surface area contributed by atoms with E-state index in [2.05, 4.69) is 37.9 Å². The van der Waals surface area contributed by atoms with Crippen LogP contribution in [0.1, 0.15) is 57.1 Å². The van der Waals surface area contributed by atoms with Gasteiger partial charge in [0.15, 0.2) is 0 Å². The maximum atomic E-state index is 13.5. The van der Waals surface area contributed by atoms with Gasteiger partial charge < -0.3 is 30.6 Å². The van der Waals surface area contributed by atoms with Crippen molar-refractivity contribution in [1.29, 1.82) is 5.41 Å². The number of allylic oxidation sites excluding steroid dienone is 1. The first-order valence-electron chi connectivity index (χ1n) is 12.7. The zero-order valence-electron chi connectivity index (χ0n) is 23.2. The normalized spacial score (nSPS) is 15.8. The molecule has 0 aromatic carbocycles. The number of carbonyl (C=O) groups excluding carboxylic acids is 1. The van der Waals surface area contributed by atoms with E-state index in [-0.39, 0.29) is 53.5 Å². The van der Waals surface area contributed by atoms with Gasteiger partial charge >= 0.3 is 0 Å². The molecule has 2 unspecified atom stereocenters. The SMILES string of the molecule is CC1=C(/C(=C\C(C)N(C)C)C(C)CO)CCN1C(=O)c1cccc(Nc2snc(O)c2C(=N)NC(C)C)n1. The second-order valence-electron chi connectivity index (χ2n) is 10.1. The monoisotopic (exact) mass is 541 g/mol. The molecule has 0 saturated carbocycles. The Labute approximate surface area is 228 Å². The smallest absolute Gasteiger partial charge is 0.276 e. The Morgan fingerprint density at radius 1 is 1.29 bits per heavy atom. The molecule has 10 nitrogen and oxygen atoms in total. The fraction of sp³-hybridized carbons (Fsp3) is 0.481. The molecule has 5 N–H and O–H groups in total. The summed E-state index contributed by atoms with van der Waals surface area (Å²) >= 11 is 1.02. The number of nitrogens with one attached hydrogen (secondary N) is 3. The Bertz CT molecular complexity index is 1240. The molecule has 2 aromatic heterocycles. The molecule has 0 saturated heterocycles. The first-order valence-corrected chi connectivity index (χ1v) is 13.5. The van der Waals surface area contributed by atoms with Gasteiger partial charge in [-0.2, -0.15) is 4.37 Å². The summed E-state index contributed by atoms with van der Waals surface area (Å²) < 4.78 is 3.97. The number of hydrogen-bond acceptors (Lipinski definition) is 9. The van der Waals surface area contributed by atoms with Gasteiger partial charge in [0.05, 0.1) is 0 Å². The zero-order chi connectivity index (χ0) is 28.1. The first-order chi connectivity index (χ1) is 17.9. The van der Waals surface area contributed by atoms with E-state index >= 15 is 0 Å². The fourth-order valence-electron chi connectivity index (χ4n) is 4.24. The number of anilines is 2. The lowest BCUT2D eigenvalue weighted by Gasteiger charge is -2.22. The lowest BCUT2D eigenvalue weighted by Crippen LogP contribution is -2.30. The minimum atomic E-state index is -0.238. The van der Waals surface area contributed by atoms with Crippen molar-refractivity contribution in [2.75, 3.05) is 32.6 Å². The van der Waals surface area contributed by atoms with E-state index in [9.17, 15) is 15.0 Å². The highest BCUT2D eigenvalue weighted by atomic mass is 32.1. The van der Waals surface area contributed by atoms with Crippen molar-refractivity contribution < 1.29 is 15.0 Å². The summed E-state index contributed by atoms with van der Waals surface area (Å²) in [4.78, 5) is 21.9. The number of nitrogens with zero attached hydrogens (tertiary/aromatic N) is 4. The van der Waals surface area contributed by atoms with Crippen molar-refractivity contribution >= 4 is 34.1 Å². The predicted molar refractivity (Wildman–Crippen MR) is 152 cm³/mol. The highest BCUT2D eigenvalue weighted by molar-refractivity contribution is 7.11. The van der Waals surface area contributed by atoms with Gasteiger partial charge in [0.2, 0.25) is 5.88 Å². The highest BCUT2D eigenvalue weighted by Crippen LogP contribution is 2.34. The third-order valence-corrected chi connectivity index (χ3v) is 7.38. The Kier molecular flexibility index (Phi) is 9.64. The van der Waals surface area contributed by atoms with Crippen LogP contribution in [0.4, 0.5) is 10.8 Å². The number of aliphatic hydroxyl groups excluding tert-OH is 1. The van der Waals surface area contributed by atoms with Gasteiger partial charge in [-0.1, -0.05) is 19.1 Å². The Morgan fingerprint density at radius 2 is 2.00 bits per heavy atom.